The summed E-state index contributed by atoms with van der Waals surface area (Å²) in [5.41, 5.74) is 3.71. The number of furan rings is 1. The standard InChI is InChI=1S/C21H21FN2O3/c1-14-17-12-20(21(25)26)27-19(17)6-5-18(14)24-9-7-23(8-10-24)13-15-3-2-4-16(22)11-15/h2-6,11-12H,7-10,13H2,1H3,(H,25,26). The van der Waals surface area contributed by atoms with E-state index in [2.05, 4.69) is 9.80 Å². The number of hydrogen-bond acceptors (Lipinski definition) is 4. The molecule has 27 heavy (non-hydrogen) atoms. The molecule has 0 aliphatic carbocycles. The zero-order valence-electron chi connectivity index (χ0n) is 15.1. The first-order valence-electron chi connectivity index (χ1n) is 8.99. The summed E-state index contributed by atoms with van der Waals surface area (Å²) in [7, 11) is 0. The molecule has 0 unspecified atom stereocenters. The third kappa shape index (κ3) is 3.53. The molecule has 0 spiro atoms. The third-order valence-corrected chi connectivity index (χ3v) is 5.16. The van der Waals surface area contributed by atoms with Crippen LogP contribution < -0.4 is 4.90 Å². The van der Waals surface area contributed by atoms with Crippen LogP contribution in [0.15, 0.2) is 46.9 Å². The minimum absolute atomic E-state index is 0.0369. The SMILES string of the molecule is Cc1c(N2CCN(Cc3cccc(F)c3)CC2)ccc2oc(C(=O)O)cc12. The summed E-state index contributed by atoms with van der Waals surface area (Å²) in [5.74, 6) is -1.29. The smallest absolute Gasteiger partial charge is 0.371 e. The van der Waals surface area contributed by atoms with Gasteiger partial charge in [-0.05, 0) is 48.4 Å². The number of fused-ring (bicyclic) bond motifs is 1. The van der Waals surface area contributed by atoms with Gasteiger partial charge >= 0.3 is 5.97 Å². The highest BCUT2D eigenvalue weighted by Crippen LogP contribution is 2.31. The highest BCUT2D eigenvalue weighted by molar-refractivity contribution is 5.94. The Morgan fingerprint density at radius 2 is 1.93 bits per heavy atom. The Morgan fingerprint density at radius 1 is 1.15 bits per heavy atom. The minimum Gasteiger partial charge on any atom is -0.475 e. The first-order chi connectivity index (χ1) is 13.0. The molecule has 0 atom stereocenters. The molecular formula is C21H21FN2O3. The number of piperazine rings is 1. The number of aryl methyl sites for hydroxylation is 1. The minimum atomic E-state index is -1.06. The molecular weight excluding hydrogens is 347 g/mol. The lowest BCUT2D eigenvalue weighted by Gasteiger charge is -2.37. The van der Waals surface area contributed by atoms with E-state index in [-0.39, 0.29) is 11.6 Å². The van der Waals surface area contributed by atoms with Gasteiger partial charge in [-0.3, -0.25) is 4.90 Å². The molecule has 0 radical (unpaired) electrons. The van der Waals surface area contributed by atoms with Gasteiger partial charge in [-0.15, -0.1) is 0 Å². The summed E-state index contributed by atoms with van der Waals surface area (Å²) in [6.07, 6.45) is 0. The predicted molar refractivity (Wildman–Crippen MR) is 102 cm³/mol. The van der Waals surface area contributed by atoms with Crippen LogP contribution in [-0.2, 0) is 6.54 Å². The van der Waals surface area contributed by atoms with Gasteiger partial charge in [-0.25, -0.2) is 9.18 Å². The molecule has 1 saturated heterocycles. The number of benzene rings is 2. The van der Waals surface area contributed by atoms with Gasteiger partial charge in [0, 0.05) is 43.8 Å². The van der Waals surface area contributed by atoms with Gasteiger partial charge in [-0.2, -0.15) is 0 Å². The molecule has 0 bridgehead atoms. The van der Waals surface area contributed by atoms with Crippen molar-refractivity contribution in [3.63, 3.8) is 0 Å². The van der Waals surface area contributed by atoms with Crippen LogP contribution in [0.5, 0.6) is 0 Å². The van der Waals surface area contributed by atoms with Crippen molar-refractivity contribution in [2.24, 2.45) is 0 Å². The molecule has 4 rings (SSSR count). The van der Waals surface area contributed by atoms with Crippen molar-refractivity contribution in [1.82, 2.24) is 4.90 Å². The topological polar surface area (TPSA) is 56.9 Å². The van der Waals surface area contributed by atoms with Gasteiger partial charge in [0.2, 0.25) is 5.76 Å². The van der Waals surface area contributed by atoms with Crippen molar-refractivity contribution in [2.75, 3.05) is 31.1 Å². The zero-order chi connectivity index (χ0) is 19.0. The molecule has 1 fully saturated rings. The summed E-state index contributed by atoms with van der Waals surface area (Å²) in [5, 5.41) is 9.97. The van der Waals surface area contributed by atoms with Gasteiger partial charge in [0.1, 0.15) is 11.4 Å². The normalized spacial score (nSPS) is 15.4. The molecule has 6 heteroatoms. The molecule has 0 saturated carbocycles. The highest BCUT2D eigenvalue weighted by Gasteiger charge is 2.21. The van der Waals surface area contributed by atoms with Crippen molar-refractivity contribution < 1.29 is 18.7 Å². The number of halogens is 1. The van der Waals surface area contributed by atoms with Crippen molar-refractivity contribution >= 4 is 22.6 Å². The van der Waals surface area contributed by atoms with E-state index in [1.807, 2.05) is 25.1 Å². The lowest BCUT2D eigenvalue weighted by Crippen LogP contribution is -2.46. The number of carboxylic acids is 1. The van der Waals surface area contributed by atoms with Crippen LogP contribution in [0.25, 0.3) is 11.0 Å². The van der Waals surface area contributed by atoms with E-state index >= 15 is 0 Å². The second kappa shape index (κ2) is 7.04. The number of nitrogens with zero attached hydrogens (tertiary/aromatic N) is 2. The Balaban J connectivity index is 1.47. The predicted octanol–water partition coefficient (Wildman–Crippen LogP) is 3.90. The Hall–Kier alpha value is -2.86. The van der Waals surface area contributed by atoms with E-state index < -0.39 is 5.97 Å². The van der Waals surface area contributed by atoms with Crippen LogP contribution in [-0.4, -0.2) is 42.2 Å². The van der Waals surface area contributed by atoms with E-state index in [9.17, 15) is 9.18 Å². The second-order valence-corrected chi connectivity index (χ2v) is 6.93. The van der Waals surface area contributed by atoms with E-state index in [4.69, 9.17) is 9.52 Å². The van der Waals surface area contributed by atoms with Gasteiger partial charge < -0.3 is 14.4 Å². The van der Waals surface area contributed by atoms with Crippen LogP contribution in [0.1, 0.15) is 21.7 Å². The number of hydrogen-bond donors (Lipinski definition) is 1. The zero-order valence-corrected chi connectivity index (χ0v) is 15.1. The summed E-state index contributed by atoms with van der Waals surface area (Å²) in [6.45, 7) is 6.25. The van der Waals surface area contributed by atoms with Crippen LogP contribution in [0.4, 0.5) is 10.1 Å². The summed E-state index contributed by atoms with van der Waals surface area (Å²) < 4.78 is 18.7. The summed E-state index contributed by atoms with van der Waals surface area (Å²) in [6, 6.07) is 12.2. The average molecular weight is 368 g/mol. The fraction of sp³-hybridized carbons (Fsp3) is 0.286. The number of carbonyl (C=O) groups is 1. The van der Waals surface area contributed by atoms with Gasteiger partial charge in [0.25, 0.3) is 0 Å². The fourth-order valence-corrected chi connectivity index (χ4v) is 3.73. The molecule has 1 aliphatic heterocycles. The van der Waals surface area contributed by atoms with Crippen molar-refractivity contribution in [2.45, 2.75) is 13.5 Å². The largest absolute Gasteiger partial charge is 0.475 e. The van der Waals surface area contributed by atoms with Crippen molar-refractivity contribution in [3.05, 3.63) is 65.2 Å². The van der Waals surface area contributed by atoms with E-state index in [0.717, 1.165) is 54.9 Å². The van der Waals surface area contributed by atoms with E-state index in [1.165, 1.54) is 6.07 Å². The molecule has 2 heterocycles. The number of anilines is 1. The Bertz CT molecular complexity index is 990. The summed E-state index contributed by atoms with van der Waals surface area (Å²) in [4.78, 5) is 15.8. The maximum Gasteiger partial charge on any atom is 0.371 e. The molecule has 0 amide bonds. The van der Waals surface area contributed by atoms with Gasteiger partial charge in [-0.1, -0.05) is 12.1 Å². The first kappa shape index (κ1) is 17.5. The van der Waals surface area contributed by atoms with Crippen LogP contribution in [0.3, 0.4) is 0 Å². The Kier molecular flexibility index (Phi) is 4.58. The van der Waals surface area contributed by atoms with Gasteiger partial charge in [0.15, 0.2) is 0 Å². The van der Waals surface area contributed by atoms with Crippen LogP contribution >= 0.6 is 0 Å². The monoisotopic (exact) mass is 368 g/mol. The molecule has 1 aromatic heterocycles. The third-order valence-electron chi connectivity index (χ3n) is 5.16. The average Bonchev–Trinajstić information content (AvgIpc) is 3.09. The lowest BCUT2D eigenvalue weighted by atomic mass is 10.1. The van der Waals surface area contributed by atoms with Crippen LogP contribution in [0.2, 0.25) is 0 Å². The Morgan fingerprint density at radius 3 is 2.63 bits per heavy atom. The molecule has 1 N–H and O–H groups in total. The quantitative estimate of drug-likeness (QED) is 0.757. The molecule has 5 nitrogen and oxygen atoms in total. The van der Waals surface area contributed by atoms with Crippen molar-refractivity contribution in [1.29, 1.82) is 0 Å². The lowest BCUT2D eigenvalue weighted by molar-refractivity contribution is 0.0665. The van der Waals surface area contributed by atoms with Gasteiger partial charge in [0.05, 0.1) is 0 Å². The Labute approximate surface area is 156 Å². The molecule has 2 aromatic carbocycles. The maximum atomic E-state index is 13.4. The summed E-state index contributed by atoms with van der Waals surface area (Å²) >= 11 is 0. The molecule has 3 aromatic rings. The molecule has 1 aliphatic rings. The number of carboxylic acid groups (broad SMARTS) is 1. The highest BCUT2D eigenvalue weighted by atomic mass is 19.1. The number of rotatable bonds is 4. The number of aromatic carboxylic acids is 1. The maximum absolute atomic E-state index is 13.4. The van der Waals surface area contributed by atoms with E-state index in [0.29, 0.717) is 5.58 Å². The second-order valence-electron chi connectivity index (χ2n) is 6.93. The first-order valence-corrected chi connectivity index (χ1v) is 8.99. The van der Waals surface area contributed by atoms with Crippen LogP contribution in [0, 0.1) is 12.7 Å². The fourth-order valence-electron chi connectivity index (χ4n) is 3.73. The van der Waals surface area contributed by atoms with E-state index in [1.54, 1.807) is 18.2 Å². The van der Waals surface area contributed by atoms with Crippen molar-refractivity contribution in [3.8, 4) is 0 Å². The molecule has 140 valence electrons.